The van der Waals surface area contributed by atoms with Crippen LogP contribution >= 0.6 is 0 Å². The molecule has 0 bridgehead atoms. The van der Waals surface area contributed by atoms with E-state index in [4.69, 9.17) is 4.42 Å². The second kappa shape index (κ2) is 11.6. The molecule has 1 aliphatic rings. The van der Waals surface area contributed by atoms with Crippen LogP contribution in [0.3, 0.4) is 0 Å². The van der Waals surface area contributed by atoms with Gasteiger partial charge in [-0.1, -0.05) is 30.3 Å². The van der Waals surface area contributed by atoms with Crippen molar-refractivity contribution in [2.24, 2.45) is 0 Å². The summed E-state index contributed by atoms with van der Waals surface area (Å²) in [5, 5.41) is 11.2. The second-order valence-corrected chi connectivity index (χ2v) is 8.59. The summed E-state index contributed by atoms with van der Waals surface area (Å²) in [6.45, 7) is 8.12. The van der Waals surface area contributed by atoms with Crippen molar-refractivity contribution in [1.29, 1.82) is 0 Å². The van der Waals surface area contributed by atoms with Crippen LogP contribution in [0.15, 0.2) is 59.0 Å². The number of nitrogens with zero attached hydrogens (tertiary/aromatic N) is 4. The van der Waals surface area contributed by atoms with Gasteiger partial charge in [-0.3, -0.25) is 9.69 Å². The third kappa shape index (κ3) is 6.89. The first-order chi connectivity index (χ1) is 16.2. The molecule has 7 nitrogen and oxygen atoms in total. The SMILES string of the molecule is Cc1cccc(N2CCN(CCCNC(=O)CCCc3nnc(-c4ccccc4)o3)CC2)c1. The Hall–Kier alpha value is -3.19. The Morgan fingerprint density at radius 3 is 2.61 bits per heavy atom. The van der Waals surface area contributed by atoms with Gasteiger partial charge < -0.3 is 14.6 Å². The predicted molar refractivity (Wildman–Crippen MR) is 130 cm³/mol. The average Bonchev–Trinajstić information content (AvgIpc) is 3.32. The van der Waals surface area contributed by atoms with Gasteiger partial charge in [-0.2, -0.15) is 0 Å². The van der Waals surface area contributed by atoms with E-state index in [0.29, 0.717) is 31.0 Å². The van der Waals surface area contributed by atoms with Crippen LogP contribution in [0.1, 0.15) is 30.7 Å². The molecule has 1 saturated heterocycles. The summed E-state index contributed by atoms with van der Waals surface area (Å²) in [7, 11) is 0. The van der Waals surface area contributed by atoms with Crippen molar-refractivity contribution < 1.29 is 9.21 Å². The molecule has 4 rings (SSSR count). The highest BCUT2D eigenvalue weighted by Gasteiger charge is 2.17. The van der Waals surface area contributed by atoms with Crippen LogP contribution in [0.5, 0.6) is 0 Å². The second-order valence-electron chi connectivity index (χ2n) is 8.59. The number of carbonyl (C=O) groups excluding carboxylic acids is 1. The Bertz CT molecular complexity index is 1010. The molecule has 1 N–H and O–H groups in total. The number of aromatic nitrogens is 2. The molecule has 0 radical (unpaired) electrons. The van der Waals surface area contributed by atoms with Crippen molar-refractivity contribution in [3.05, 3.63) is 66.1 Å². The van der Waals surface area contributed by atoms with Gasteiger partial charge in [-0.05, 0) is 56.1 Å². The number of nitrogens with one attached hydrogen (secondary N) is 1. The molecule has 0 saturated carbocycles. The molecule has 0 spiro atoms. The van der Waals surface area contributed by atoms with E-state index >= 15 is 0 Å². The summed E-state index contributed by atoms with van der Waals surface area (Å²) in [5.41, 5.74) is 3.53. The van der Waals surface area contributed by atoms with E-state index in [2.05, 4.69) is 56.5 Å². The van der Waals surface area contributed by atoms with Gasteiger partial charge in [0.2, 0.25) is 17.7 Å². The number of amides is 1. The molecule has 33 heavy (non-hydrogen) atoms. The van der Waals surface area contributed by atoms with Crippen LogP contribution in [-0.2, 0) is 11.2 Å². The molecule has 7 heteroatoms. The molecule has 2 heterocycles. The molecule has 1 aliphatic heterocycles. The molecule has 1 amide bonds. The van der Waals surface area contributed by atoms with Gasteiger partial charge in [0.25, 0.3) is 0 Å². The van der Waals surface area contributed by atoms with Gasteiger partial charge in [-0.15, -0.1) is 10.2 Å². The molecule has 0 atom stereocenters. The van der Waals surface area contributed by atoms with Crippen LogP contribution in [0.25, 0.3) is 11.5 Å². The lowest BCUT2D eigenvalue weighted by molar-refractivity contribution is -0.121. The Labute approximate surface area is 195 Å². The Kier molecular flexibility index (Phi) is 8.09. The maximum atomic E-state index is 12.1. The average molecular weight is 448 g/mol. The summed E-state index contributed by atoms with van der Waals surface area (Å²) in [4.78, 5) is 17.1. The van der Waals surface area contributed by atoms with E-state index in [0.717, 1.165) is 51.3 Å². The van der Waals surface area contributed by atoms with Crippen molar-refractivity contribution in [2.45, 2.75) is 32.6 Å². The zero-order valence-electron chi connectivity index (χ0n) is 19.4. The van der Waals surface area contributed by atoms with Gasteiger partial charge in [-0.25, -0.2) is 0 Å². The fraction of sp³-hybridized carbons (Fsp3) is 0.423. The third-order valence-electron chi connectivity index (χ3n) is 5.99. The largest absolute Gasteiger partial charge is 0.421 e. The highest BCUT2D eigenvalue weighted by atomic mass is 16.4. The quantitative estimate of drug-likeness (QED) is 0.478. The Morgan fingerprint density at radius 2 is 1.82 bits per heavy atom. The molecule has 3 aromatic rings. The third-order valence-corrected chi connectivity index (χ3v) is 5.99. The number of piperazine rings is 1. The summed E-state index contributed by atoms with van der Waals surface area (Å²) in [5.74, 6) is 1.18. The number of carbonyl (C=O) groups is 1. The van der Waals surface area contributed by atoms with Gasteiger partial charge in [0, 0.05) is 56.8 Å². The van der Waals surface area contributed by atoms with Crippen LogP contribution in [0, 0.1) is 6.92 Å². The van der Waals surface area contributed by atoms with Gasteiger partial charge in [0.1, 0.15) is 0 Å². The smallest absolute Gasteiger partial charge is 0.247 e. The highest BCUT2D eigenvalue weighted by Crippen LogP contribution is 2.18. The van der Waals surface area contributed by atoms with Crippen LogP contribution in [0.2, 0.25) is 0 Å². The van der Waals surface area contributed by atoms with E-state index in [1.807, 2.05) is 30.3 Å². The fourth-order valence-corrected chi connectivity index (χ4v) is 4.13. The van der Waals surface area contributed by atoms with Gasteiger partial charge in [0.15, 0.2) is 0 Å². The first-order valence-corrected chi connectivity index (χ1v) is 11.9. The van der Waals surface area contributed by atoms with E-state index in [1.165, 1.54) is 11.3 Å². The standard InChI is InChI=1S/C26H33N5O2/c1-21-8-5-11-23(20-21)31-18-16-30(17-19-31)15-7-14-27-24(32)12-6-13-25-28-29-26(33-25)22-9-3-2-4-10-22/h2-5,8-11,20H,6-7,12-19H2,1H3,(H,27,32). The monoisotopic (exact) mass is 447 g/mol. The van der Waals surface area contributed by atoms with Crippen molar-refractivity contribution in [2.75, 3.05) is 44.2 Å². The normalized spacial score (nSPS) is 14.4. The van der Waals surface area contributed by atoms with Crippen LogP contribution in [-0.4, -0.2) is 60.3 Å². The fourth-order valence-electron chi connectivity index (χ4n) is 4.13. The van der Waals surface area contributed by atoms with E-state index in [1.54, 1.807) is 0 Å². The first kappa shape index (κ1) is 23.0. The topological polar surface area (TPSA) is 74.5 Å². The number of hydrogen-bond acceptors (Lipinski definition) is 6. The number of hydrogen-bond donors (Lipinski definition) is 1. The van der Waals surface area contributed by atoms with Crippen molar-refractivity contribution in [1.82, 2.24) is 20.4 Å². The van der Waals surface area contributed by atoms with E-state index in [9.17, 15) is 4.79 Å². The highest BCUT2D eigenvalue weighted by molar-refractivity contribution is 5.75. The first-order valence-electron chi connectivity index (χ1n) is 11.9. The van der Waals surface area contributed by atoms with Gasteiger partial charge in [0.05, 0.1) is 0 Å². The van der Waals surface area contributed by atoms with E-state index < -0.39 is 0 Å². The summed E-state index contributed by atoms with van der Waals surface area (Å²) in [6.07, 6.45) is 2.75. The van der Waals surface area contributed by atoms with E-state index in [-0.39, 0.29) is 5.91 Å². The zero-order chi connectivity index (χ0) is 22.9. The molecule has 0 aliphatic carbocycles. The lowest BCUT2D eigenvalue weighted by Crippen LogP contribution is -2.47. The maximum Gasteiger partial charge on any atom is 0.247 e. The van der Waals surface area contributed by atoms with Crippen LogP contribution in [0.4, 0.5) is 5.69 Å². The molecular weight excluding hydrogens is 414 g/mol. The van der Waals surface area contributed by atoms with Crippen molar-refractivity contribution >= 4 is 11.6 Å². The Morgan fingerprint density at radius 1 is 1.00 bits per heavy atom. The zero-order valence-corrected chi connectivity index (χ0v) is 19.4. The molecular formula is C26H33N5O2. The number of rotatable bonds is 10. The Balaban J connectivity index is 1.07. The minimum absolute atomic E-state index is 0.0852. The van der Waals surface area contributed by atoms with Crippen molar-refractivity contribution in [3.63, 3.8) is 0 Å². The number of benzene rings is 2. The maximum absolute atomic E-state index is 12.1. The summed E-state index contributed by atoms with van der Waals surface area (Å²) < 4.78 is 5.70. The molecule has 2 aromatic carbocycles. The molecule has 0 unspecified atom stereocenters. The lowest BCUT2D eigenvalue weighted by Gasteiger charge is -2.36. The van der Waals surface area contributed by atoms with Gasteiger partial charge >= 0.3 is 0 Å². The minimum Gasteiger partial charge on any atom is -0.421 e. The lowest BCUT2D eigenvalue weighted by atomic mass is 10.2. The predicted octanol–water partition coefficient (Wildman–Crippen LogP) is 3.70. The molecule has 174 valence electrons. The number of anilines is 1. The van der Waals surface area contributed by atoms with Crippen molar-refractivity contribution in [3.8, 4) is 11.5 Å². The minimum atomic E-state index is 0.0852. The number of aryl methyl sites for hydroxylation is 2. The summed E-state index contributed by atoms with van der Waals surface area (Å²) in [6, 6.07) is 18.4. The molecule has 1 aromatic heterocycles. The summed E-state index contributed by atoms with van der Waals surface area (Å²) >= 11 is 0. The van der Waals surface area contributed by atoms with Crippen LogP contribution < -0.4 is 10.2 Å². The molecule has 1 fully saturated rings.